The van der Waals surface area contributed by atoms with E-state index < -0.39 is 6.04 Å². The van der Waals surface area contributed by atoms with Crippen molar-refractivity contribution in [1.29, 1.82) is 0 Å². The van der Waals surface area contributed by atoms with E-state index in [-0.39, 0.29) is 11.9 Å². The van der Waals surface area contributed by atoms with Gasteiger partial charge in [-0.05, 0) is 42.0 Å². The summed E-state index contributed by atoms with van der Waals surface area (Å²) in [5.74, 6) is 1.31. The molecule has 1 N–H and O–H groups in total. The van der Waals surface area contributed by atoms with Crippen LogP contribution in [0.1, 0.15) is 30.0 Å². The number of rotatable bonds is 8. The average molecular weight is 430 g/mol. The van der Waals surface area contributed by atoms with Crippen LogP contribution in [0.3, 0.4) is 0 Å². The molecule has 0 saturated heterocycles. The second kappa shape index (κ2) is 8.54. The number of carbonyl (C=O) groups excluding carboxylic acids is 2. The van der Waals surface area contributed by atoms with Gasteiger partial charge in [0.1, 0.15) is 12.4 Å². The first-order valence-corrected chi connectivity index (χ1v) is 11.1. The van der Waals surface area contributed by atoms with Crippen LogP contribution in [0, 0.1) is 5.92 Å². The Labute approximate surface area is 188 Å². The summed E-state index contributed by atoms with van der Waals surface area (Å²) in [5.41, 5.74) is 3.37. The van der Waals surface area contributed by atoms with E-state index in [1.54, 1.807) is 11.0 Å². The highest BCUT2D eigenvalue weighted by Gasteiger charge is 2.44. The van der Waals surface area contributed by atoms with Crippen molar-refractivity contribution < 1.29 is 14.3 Å². The minimum atomic E-state index is -0.490. The first-order chi connectivity index (χ1) is 15.6. The van der Waals surface area contributed by atoms with Crippen molar-refractivity contribution in [3.63, 3.8) is 0 Å². The van der Waals surface area contributed by atoms with Gasteiger partial charge in [-0.3, -0.25) is 9.69 Å². The van der Waals surface area contributed by atoms with Gasteiger partial charge in [-0.1, -0.05) is 48.5 Å². The first kappa shape index (κ1) is 20.4. The fourth-order valence-corrected chi connectivity index (χ4v) is 4.41. The third-order valence-electron chi connectivity index (χ3n) is 6.22. The molecule has 1 atom stereocenters. The van der Waals surface area contributed by atoms with Gasteiger partial charge in [0.25, 0.3) is 5.91 Å². The van der Waals surface area contributed by atoms with Gasteiger partial charge in [-0.25, -0.2) is 4.79 Å². The molecule has 32 heavy (non-hydrogen) atoms. The maximum atomic E-state index is 13.4. The number of ether oxygens (including phenoxy) is 1. The van der Waals surface area contributed by atoms with Gasteiger partial charge in [-0.2, -0.15) is 0 Å². The zero-order valence-electron chi connectivity index (χ0n) is 18.0. The lowest BCUT2D eigenvalue weighted by Crippen LogP contribution is -2.47. The molecular weight excluding hydrogens is 402 g/mol. The molecule has 0 radical (unpaired) electrons. The molecule has 1 fully saturated rings. The standard InChI is InChI=1S/C26H27N3O3/c1-2-13-29-22-16-28(15-18-11-12-18)25(30)23(22)24(27-26(29)31)20-9-6-10-21(14-20)32-17-19-7-4-3-5-8-19/h2-10,14,18,24H,1,11-13,15-17H2,(H,27,31). The number of hydrogen-bond acceptors (Lipinski definition) is 3. The first-order valence-electron chi connectivity index (χ1n) is 11.1. The molecule has 1 saturated carbocycles. The predicted molar refractivity (Wildman–Crippen MR) is 122 cm³/mol. The molecule has 2 heterocycles. The van der Waals surface area contributed by atoms with Crippen LogP contribution >= 0.6 is 0 Å². The predicted octanol–water partition coefficient (Wildman–Crippen LogP) is 4.02. The van der Waals surface area contributed by atoms with Crippen molar-refractivity contribution in [2.45, 2.75) is 25.5 Å². The van der Waals surface area contributed by atoms with Gasteiger partial charge in [0, 0.05) is 13.1 Å². The second-order valence-electron chi connectivity index (χ2n) is 8.62. The van der Waals surface area contributed by atoms with Crippen LogP contribution in [0.15, 0.2) is 78.5 Å². The maximum Gasteiger partial charge on any atom is 0.322 e. The number of nitrogens with zero attached hydrogens (tertiary/aromatic N) is 2. The lowest BCUT2D eigenvalue weighted by Gasteiger charge is -2.33. The fraction of sp³-hybridized carbons (Fsp3) is 0.308. The Bertz CT molecular complexity index is 1070. The molecule has 1 aliphatic carbocycles. The molecule has 6 nitrogen and oxygen atoms in total. The summed E-state index contributed by atoms with van der Waals surface area (Å²) in [6.07, 6.45) is 4.04. The number of amides is 3. The van der Waals surface area contributed by atoms with E-state index in [1.807, 2.05) is 59.5 Å². The molecule has 5 rings (SSSR count). The van der Waals surface area contributed by atoms with Crippen LogP contribution in [0.2, 0.25) is 0 Å². The van der Waals surface area contributed by atoms with E-state index >= 15 is 0 Å². The Morgan fingerprint density at radius 1 is 1.09 bits per heavy atom. The van der Waals surface area contributed by atoms with Gasteiger partial charge < -0.3 is 15.0 Å². The maximum absolute atomic E-state index is 13.4. The topological polar surface area (TPSA) is 61.9 Å². The van der Waals surface area contributed by atoms with Crippen molar-refractivity contribution >= 4 is 11.9 Å². The number of benzene rings is 2. The lowest BCUT2D eigenvalue weighted by molar-refractivity contribution is -0.126. The largest absolute Gasteiger partial charge is 0.489 e. The van der Waals surface area contributed by atoms with E-state index in [0.717, 1.165) is 23.4 Å². The number of nitrogens with one attached hydrogen (secondary N) is 1. The molecule has 0 aromatic heterocycles. The lowest BCUT2D eigenvalue weighted by atomic mass is 9.95. The third-order valence-corrected chi connectivity index (χ3v) is 6.22. The Hall–Kier alpha value is -3.54. The zero-order valence-corrected chi connectivity index (χ0v) is 18.0. The molecule has 0 bridgehead atoms. The van der Waals surface area contributed by atoms with E-state index in [0.29, 0.717) is 36.9 Å². The summed E-state index contributed by atoms with van der Waals surface area (Å²) in [6.45, 7) is 5.84. The third kappa shape index (κ3) is 4.00. The molecule has 2 aliphatic heterocycles. The molecule has 0 spiro atoms. The van der Waals surface area contributed by atoms with Crippen LogP contribution in [-0.2, 0) is 11.4 Å². The monoisotopic (exact) mass is 429 g/mol. The summed E-state index contributed by atoms with van der Waals surface area (Å²) in [5, 5.41) is 3.04. The summed E-state index contributed by atoms with van der Waals surface area (Å²) < 4.78 is 5.98. The average Bonchev–Trinajstić information content (AvgIpc) is 3.58. The summed E-state index contributed by atoms with van der Waals surface area (Å²) in [6, 6.07) is 16.9. The number of urea groups is 1. The van der Waals surface area contributed by atoms with Crippen molar-refractivity contribution in [2.24, 2.45) is 5.92 Å². The van der Waals surface area contributed by atoms with Gasteiger partial charge in [0.05, 0.1) is 23.9 Å². The molecule has 1 unspecified atom stereocenters. The van der Waals surface area contributed by atoms with Crippen molar-refractivity contribution in [3.8, 4) is 5.75 Å². The molecule has 3 aliphatic rings. The Morgan fingerprint density at radius 3 is 2.66 bits per heavy atom. The molecule has 164 valence electrons. The van der Waals surface area contributed by atoms with Gasteiger partial charge in [0.15, 0.2) is 0 Å². The van der Waals surface area contributed by atoms with E-state index in [4.69, 9.17) is 4.74 Å². The number of hydrogen-bond donors (Lipinski definition) is 1. The van der Waals surface area contributed by atoms with Crippen LogP contribution in [0.25, 0.3) is 0 Å². The zero-order chi connectivity index (χ0) is 22.1. The van der Waals surface area contributed by atoms with Gasteiger partial charge in [-0.15, -0.1) is 6.58 Å². The Balaban J connectivity index is 1.42. The molecule has 2 aromatic carbocycles. The van der Waals surface area contributed by atoms with E-state index in [2.05, 4.69) is 11.9 Å². The molecule has 3 amide bonds. The van der Waals surface area contributed by atoms with Crippen molar-refractivity contribution in [3.05, 3.63) is 89.6 Å². The Kier molecular flexibility index (Phi) is 5.43. The minimum absolute atomic E-state index is 0.0153. The summed E-state index contributed by atoms with van der Waals surface area (Å²) in [7, 11) is 0. The quantitative estimate of drug-likeness (QED) is 0.645. The fourth-order valence-electron chi connectivity index (χ4n) is 4.41. The highest BCUT2D eigenvalue weighted by Crippen LogP contribution is 2.39. The van der Waals surface area contributed by atoms with Crippen molar-refractivity contribution in [2.75, 3.05) is 19.6 Å². The second-order valence-corrected chi connectivity index (χ2v) is 8.62. The molecule has 6 heteroatoms. The van der Waals surface area contributed by atoms with Crippen LogP contribution in [0.4, 0.5) is 4.79 Å². The van der Waals surface area contributed by atoms with Gasteiger partial charge in [0.2, 0.25) is 0 Å². The Morgan fingerprint density at radius 2 is 1.91 bits per heavy atom. The highest BCUT2D eigenvalue weighted by atomic mass is 16.5. The highest BCUT2D eigenvalue weighted by molar-refractivity contribution is 6.01. The summed E-state index contributed by atoms with van der Waals surface area (Å²) >= 11 is 0. The van der Waals surface area contributed by atoms with Crippen LogP contribution < -0.4 is 10.1 Å². The minimum Gasteiger partial charge on any atom is -0.489 e. The van der Waals surface area contributed by atoms with Crippen LogP contribution in [-0.4, -0.2) is 41.4 Å². The van der Waals surface area contributed by atoms with Crippen molar-refractivity contribution in [1.82, 2.24) is 15.1 Å². The van der Waals surface area contributed by atoms with Crippen LogP contribution in [0.5, 0.6) is 5.75 Å². The summed E-state index contributed by atoms with van der Waals surface area (Å²) in [4.78, 5) is 29.8. The molecular formula is C26H27N3O3. The van der Waals surface area contributed by atoms with E-state index in [9.17, 15) is 9.59 Å². The SMILES string of the molecule is C=CCN1C(=O)NC(c2cccc(OCc3ccccc3)c2)C2=C1CN(CC1CC1)C2=O. The normalized spacial score (nSPS) is 20.3. The van der Waals surface area contributed by atoms with Gasteiger partial charge >= 0.3 is 6.03 Å². The number of carbonyl (C=O) groups is 2. The molecule has 2 aromatic rings. The smallest absolute Gasteiger partial charge is 0.322 e. The van der Waals surface area contributed by atoms with E-state index in [1.165, 1.54) is 12.8 Å².